The maximum Gasteiger partial charge on any atom is 0.0365 e. The van der Waals surface area contributed by atoms with Gasteiger partial charge in [-0.1, -0.05) is 36.5 Å². The summed E-state index contributed by atoms with van der Waals surface area (Å²) in [6, 6.07) is 0. The zero-order chi connectivity index (χ0) is 13.4. The lowest BCUT2D eigenvalue weighted by Gasteiger charge is -2.09. The Morgan fingerprint density at radius 3 is 2.18 bits per heavy atom. The quantitative estimate of drug-likeness (QED) is 0.525. The Labute approximate surface area is 111 Å². The summed E-state index contributed by atoms with van der Waals surface area (Å²) in [7, 11) is 0. The molecule has 0 spiro atoms. The van der Waals surface area contributed by atoms with E-state index in [1.807, 2.05) is 13.0 Å². The molecule has 0 fully saturated rings. The molecular weight excluding hydrogens is 226 g/mol. The number of hydrogen-bond donors (Lipinski definition) is 2. The van der Waals surface area contributed by atoms with Gasteiger partial charge in [-0.25, -0.2) is 0 Å². The lowest BCUT2D eigenvalue weighted by Crippen LogP contribution is -2.15. The highest BCUT2D eigenvalue weighted by Gasteiger charge is 1.96. The van der Waals surface area contributed by atoms with Crippen molar-refractivity contribution in [3.05, 3.63) is 58.7 Å². The second kappa shape index (κ2) is 8.02. The molecule has 0 aromatic rings. The van der Waals surface area contributed by atoms with Gasteiger partial charge in [0.1, 0.15) is 0 Å². The predicted molar refractivity (Wildman–Crippen MR) is 82.2 cm³/mol. The van der Waals surface area contributed by atoms with Crippen LogP contribution >= 0.6 is 12.6 Å². The molecule has 0 aliphatic heterocycles. The number of rotatable bonds is 6. The van der Waals surface area contributed by atoms with Gasteiger partial charge in [0, 0.05) is 12.2 Å². The maximum absolute atomic E-state index is 4.09. The van der Waals surface area contributed by atoms with Crippen LogP contribution in [0.3, 0.4) is 0 Å². The third kappa shape index (κ3) is 6.90. The van der Waals surface area contributed by atoms with Crippen LogP contribution < -0.4 is 5.32 Å². The molecular formula is C15H23NS. The molecule has 0 atom stereocenters. The fraction of sp³-hybridized carbons (Fsp3) is 0.333. The van der Waals surface area contributed by atoms with Gasteiger partial charge in [-0.05, 0) is 44.2 Å². The minimum Gasteiger partial charge on any atom is -0.381 e. The van der Waals surface area contributed by atoms with Crippen LogP contribution in [0.5, 0.6) is 0 Å². The van der Waals surface area contributed by atoms with E-state index in [4.69, 9.17) is 0 Å². The summed E-state index contributed by atoms with van der Waals surface area (Å²) in [5, 5.41) is 4.99. The Hall–Kier alpha value is -1.15. The smallest absolute Gasteiger partial charge is 0.0365 e. The summed E-state index contributed by atoms with van der Waals surface area (Å²) in [5.74, 6) is 0. The Bertz CT molecular complexity index is 380. The summed E-state index contributed by atoms with van der Waals surface area (Å²) in [6.07, 6.45) is 4.04. The molecule has 0 amide bonds. The van der Waals surface area contributed by atoms with Crippen molar-refractivity contribution in [2.24, 2.45) is 0 Å². The van der Waals surface area contributed by atoms with E-state index in [1.54, 1.807) is 5.41 Å². The normalized spacial score (nSPS) is 11.5. The molecule has 94 valence electrons. The minimum absolute atomic E-state index is 0.747. The van der Waals surface area contributed by atoms with Crippen molar-refractivity contribution in [3.8, 4) is 0 Å². The van der Waals surface area contributed by atoms with Crippen molar-refractivity contribution >= 4 is 12.6 Å². The molecule has 0 aliphatic rings. The molecule has 1 nitrogen and oxygen atoms in total. The molecule has 1 N–H and O–H groups in total. The van der Waals surface area contributed by atoms with Crippen LogP contribution in [0.15, 0.2) is 58.7 Å². The van der Waals surface area contributed by atoms with Crippen LogP contribution in [-0.4, -0.2) is 6.54 Å². The van der Waals surface area contributed by atoms with Gasteiger partial charge in [0.15, 0.2) is 0 Å². The number of thiol groups is 1. The summed E-state index contributed by atoms with van der Waals surface area (Å²) in [5.41, 5.74) is 5.47. The molecule has 0 aromatic carbocycles. The molecule has 0 aromatic heterocycles. The summed E-state index contributed by atoms with van der Waals surface area (Å²) in [4.78, 5) is 0. The highest BCUT2D eigenvalue weighted by Crippen LogP contribution is 2.09. The van der Waals surface area contributed by atoms with E-state index in [2.05, 4.69) is 58.0 Å². The molecule has 0 saturated carbocycles. The first-order chi connectivity index (χ1) is 7.88. The lowest BCUT2D eigenvalue weighted by molar-refractivity contribution is 0.892. The summed E-state index contributed by atoms with van der Waals surface area (Å²) >= 11 is 4.09. The second-order valence-electron chi connectivity index (χ2n) is 4.35. The Balaban J connectivity index is 4.35. The second-order valence-corrected chi connectivity index (χ2v) is 4.61. The van der Waals surface area contributed by atoms with Gasteiger partial charge in [-0.2, -0.15) is 12.6 Å². The van der Waals surface area contributed by atoms with E-state index in [1.165, 1.54) is 11.1 Å². The first-order valence-corrected chi connectivity index (χ1v) is 6.14. The molecule has 2 heteroatoms. The monoisotopic (exact) mass is 249 g/mol. The molecule has 0 saturated heterocycles. The van der Waals surface area contributed by atoms with Gasteiger partial charge in [-0.15, -0.1) is 0 Å². The van der Waals surface area contributed by atoms with Crippen molar-refractivity contribution in [2.45, 2.75) is 27.7 Å². The highest BCUT2D eigenvalue weighted by atomic mass is 32.1. The van der Waals surface area contributed by atoms with Gasteiger partial charge < -0.3 is 5.32 Å². The van der Waals surface area contributed by atoms with Gasteiger partial charge in [0.2, 0.25) is 0 Å². The van der Waals surface area contributed by atoms with E-state index in [-0.39, 0.29) is 0 Å². The average Bonchev–Trinajstić information content (AvgIpc) is 2.31. The standard InChI is InChI=1S/C15H23NS/c1-11(2)13(4)7-8-14(5)15(6)16-9-12(3)10-17/h7-8,10,16-17H,5-6,9H2,1-4H3/b8-7-,12-10+. The maximum atomic E-state index is 4.09. The summed E-state index contributed by atoms with van der Waals surface area (Å²) in [6.45, 7) is 17.0. The number of allylic oxidation sites excluding steroid dienone is 4. The van der Waals surface area contributed by atoms with E-state index >= 15 is 0 Å². The largest absolute Gasteiger partial charge is 0.381 e. The molecule has 0 aliphatic carbocycles. The van der Waals surface area contributed by atoms with E-state index < -0.39 is 0 Å². The zero-order valence-electron chi connectivity index (χ0n) is 11.3. The van der Waals surface area contributed by atoms with Crippen LogP contribution in [0.2, 0.25) is 0 Å². The molecule has 0 unspecified atom stereocenters. The van der Waals surface area contributed by atoms with Crippen molar-refractivity contribution in [1.29, 1.82) is 0 Å². The van der Waals surface area contributed by atoms with Crippen molar-refractivity contribution in [3.63, 3.8) is 0 Å². The van der Waals surface area contributed by atoms with E-state index in [0.717, 1.165) is 23.4 Å². The number of hydrogen-bond acceptors (Lipinski definition) is 2. The van der Waals surface area contributed by atoms with E-state index in [9.17, 15) is 0 Å². The Morgan fingerprint density at radius 1 is 1.12 bits per heavy atom. The molecule has 0 radical (unpaired) electrons. The molecule has 0 bridgehead atoms. The van der Waals surface area contributed by atoms with Crippen LogP contribution in [0, 0.1) is 0 Å². The third-order valence-corrected chi connectivity index (χ3v) is 2.95. The Morgan fingerprint density at radius 2 is 1.71 bits per heavy atom. The van der Waals surface area contributed by atoms with Crippen molar-refractivity contribution in [2.75, 3.05) is 6.54 Å². The van der Waals surface area contributed by atoms with Gasteiger partial charge in [0.25, 0.3) is 0 Å². The minimum atomic E-state index is 0.747. The fourth-order valence-electron chi connectivity index (χ4n) is 0.898. The van der Waals surface area contributed by atoms with Crippen LogP contribution in [0.25, 0.3) is 0 Å². The van der Waals surface area contributed by atoms with Crippen LogP contribution in [0.4, 0.5) is 0 Å². The average molecular weight is 249 g/mol. The SMILES string of the molecule is C=C(/C=C\C(C)=C(C)C)C(=C)NC/C(C)=C/S. The van der Waals surface area contributed by atoms with E-state index in [0.29, 0.717) is 0 Å². The lowest BCUT2D eigenvalue weighted by atomic mass is 10.1. The van der Waals surface area contributed by atoms with Crippen LogP contribution in [0.1, 0.15) is 27.7 Å². The topological polar surface area (TPSA) is 12.0 Å². The van der Waals surface area contributed by atoms with Gasteiger partial charge >= 0.3 is 0 Å². The first kappa shape index (κ1) is 15.9. The fourth-order valence-corrected chi connectivity index (χ4v) is 0.989. The number of nitrogens with one attached hydrogen (secondary N) is 1. The van der Waals surface area contributed by atoms with Crippen LogP contribution in [-0.2, 0) is 0 Å². The molecule has 17 heavy (non-hydrogen) atoms. The molecule has 0 rings (SSSR count). The summed E-state index contributed by atoms with van der Waals surface area (Å²) < 4.78 is 0. The zero-order valence-corrected chi connectivity index (χ0v) is 12.2. The van der Waals surface area contributed by atoms with Gasteiger partial charge in [-0.3, -0.25) is 0 Å². The highest BCUT2D eigenvalue weighted by molar-refractivity contribution is 7.83. The van der Waals surface area contributed by atoms with Crippen molar-refractivity contribution < 1.29 is 0 Å². The Kier molecular flexibility index (Phi) is 7.47. The third-order valence-electron chi connectivity index (χ3n) is 2.51. The van der Waals surface area contributed by atoms with Crippen molar-refractivity contribution in [1.82, 2.24) is 5.32 Å². The predicted octanol–water partition coefficient (Wildman–Crippen LogP) is 4.39. The van der Waals surface area contributed by atoms with Gasteiger partial charge in [0.05, 0.1) is 0 Å². The molecule has 0 heterocycles. The first-order valence-electron chi connectivity index (χ1n) is 5.62.